The predicted molar refractivity (Wildman–Crippen MR) is 93.9 cm³/mol. The first kappa shape index (κ1) is 19.4. The number of aromatic nitrogens is 2. The van der Waals surface area contributed by atoms with Crippen molar-refractivity contribution in [1.29, 1.82) is 0 Å². The highest BCUT2D eigenvalue weighted by atomic mass is 16.3. The van der Waals surface area contributed by atoms with E-state index in [2.05, 4.69) is 27.0 Å². The Morgan fingerprint density at radius 2 is 1.74 bits per heavy atom. The minimum atomic E-state index is -0.632. The lowest BCUT2D eigenvalue weighted by Crippen LogP contribution is -2.32. The highest BCUT2D eigenvalue weighted by molar-refractivity contribution is 5.33. The van der Waals surface area contributed by atoms with Crippen LogP contribution in [-0.2, 0) is 0 Å². The minimum Gasteiger partial charge on any atom is -0.395 e. The standard InChI is InChI=1S/C16H23N3O2.C2H6/c1-11(10-20)17-9-15(21)14-6-7-16(18-8-14)19-12(2)4-5-13(19)3;1-2/h4-8,11,15,17,20-21H,9-10H2,1-3H3;1-2H3/t11-,15?;/m0./s1. The van der Waals surface area contributed by atoms with Gasteiger partial charge in [0, 0.05) is 35.7 Å². The zero-order valence-electron chi connectivity index (χ0n) is 14.7. The summed E-state index contributed by atoms with van der Waals surface area (Å²) in [5, 5.41) is 22.1. The summed E-state index contributed by atoms with van der Waals surface area (Å²) in [6, 6.07) is 7.88. The molecular formula is C18H29N3O2. The molecule has 2 heterocycles. The van der Waals surface area contributed by atoms with Crippen molar-refractivity contribution in [1.82, 2.24) is 14.9 Å². The predicted octanol–water partition coefficient (Wildman–Crippen LogP) is 2.52. The molecule has 0 aliphatic carbocycles. The molecule has 0 aromatic carbocycles. The molecule has 0 saturated heterocycles. The van der Waals surface area contributed by atoms with Crippen molar-refractivity contribution in [2.45, 2.75) is 46.8 Å². The van der Waals surface area contributed by atoms with Gasteiger partial charge in [-0.25, -0.2) is 4.98 Å². The van der Waals surface area contributed by atoms with Gasteiger partial charge in [0.1, 0.15) is 5.82 Å². The second-order valence-electron chi connectivity index (χ2n) is 5.41. The summed E-state index contributed by atoms with van der Waals surface area (Å²) in [5.41, 5.74) is 3.03. The van der Waals surface area contributed by atoms with Crippen LogP contribution in [0.2, 0.25) is 0 Å². The van der Waals surface area contributed by atoms with Gasteiger partial charge in [0.15, 0.2) is 0 Å². The van der Waals surface area contributed by atoms with E-state index in [0.29, 0.717) is 6.54 Å². The molecule has 5 nitrogen and oxygen atoms in total. The number of pyridine rings is 1. The summed E-state index contributed by atoms with van der Waals surface area (Å²) >= 11 is 0. The second kappa shape index (κ2) is 9.45. The smallest absolute Gasteiger partial charge is 0.136 e. The van der Waals surface area contributed by atoms with E-state index in [1.54, 1.807) is 6.20 Å². The van der Waals surface area contributed by atoms with E-state index >= 15 is 0 Å². The van der Waals surface area contributed by atoms with E-state index in [1.165, 1.54) is 0 Å². The SMILES string of the molecule is CC.Cc1ccc(C)n1-c1ccc(C(O)CN[C@@H](C)CO)cn1. The third-order valence-electron chi connectivity index (χ3n) is 3.59. The fourth-order valence-corrected chi connectivity index (χ4v) is 2.25. The van der Waals surface area contributed by atoms with E-state index < -0.39 is 6.10 Å². The molecule has 2 rings (SSSR count). The molecule has 0 spiro atoms. The van der Waals surface area contributed by atoms with E-state index in [4.69, 9.17) is 5.11 Å². The average Bonchev–Trinajstić information content (AvgIpc) is 2.93. The summed E-state index contributed by atoms with van der Waals surface area (Å²) in [4.78, 5) is 4.44. The Morgan fingerprint density at radius 3 is 2.22 bits per heavy atom. The van der Waals surface area contributed by atoms with Crippen LogP contribution < -0.4 is 5.32 Å². The van der Waals surface area contributed by atoms with Gasteiger partial charge in [-0.2, -0.15) is 0 Å². The zero-order chi connectivity index (χ0) is 17.4. The molecule has 0 aliphatic rings. The molecule has 0 saturated carbocycles. The third-order valence-corrected chi connectivity index (χ3v) is 3.59. The van der Waals surface area contributed by atoms with Crippen molar-refractivity contribution in [3.8, 4) is 5.82 Å². The molecule has 2 aromatic rings. The van der Waals surface area contributed by atoms with Gasteiger partial charge in [0.25, 0.3) is 0 Å². The van der Waals surface area contributed by atoms with E-state index in [9.17, 15) is 5.11 Å². The van der Waals surface area contributed by atoms with Crippen LogP contribution in [0.4, 0.5) is 0 Å². The number of aryl methyl sites for hydroxylation is 2. The average molecular weight is 319 g/mol. The van der Waals surface area contributed by atoms with Crippen LogP contribution in [0.1, 0.15) is 43.8 Å². The molecule has 1 unspecified atom stereocenters. The molecular weight excluding hydrogens is 290 g/mol. The van der Waals surface area contributed by atoms with Crippen LogP contribution in [0.15, 0.2) is 30.5 Å². The maximum atomic E-state index is 10.1. The second-order valence-corrected chi connectivity index (χ2v) is 5.41. The van der Waals surface area contributed by atoms with Gasteiger partial charge >= 0.3 is 0 Å². The van der Waals surface area contributed by atoms with Gasteiger partial charge in [-0.15, -0.1) is 0 Å². The molecule has 5 heteroatoms. The van der Waals surface area contributed by atoms with Crippen molar-refractivity contribution in [2.24, 2.45) is 0 Å². The molecule has 0 radical (unpaired) electrons. The Hall–Kier alpha value is -1.69. The molecule has 0 fully saturated rings. The van der Waals surface area contributed by atoms with E-state index in [-0.39, 0.29) is 12.6 Å². The first-order valence-electron chi connectivity index (χ1n) is 8.16. The van der Waals surface area contributed by atoms with Crippen molar-refractivity contribution in [3.63, 3.8) is 0 Å². The maximum absolute atomic E-state index is 10.1. The molecule has 2 atom stereocenters. The fourth-order valence-electron chi connectivity index (χ4n) is 2.25. The Bertz CT molecular complexity index is 559. The van der Waals surface area contributed by atoms with Crippen LogP contribution in [-0.4, -0.2) is 39.0 Å². The highest BCUT2D eigenvalue weighted by Crippen LogP contribution is 2.17. The monoisotopic (exact) mass is 319 g/mol. The first-order chi connectivity index (χ1) is 11.0. The molecule has 3 N–H and O–H groups in total. The number of hydrogen-bond donors (Lipinski definition) is 3. The van der Waals surface area contributed by atoms with Gasteiger partial charge in [0.2, 0.25) is 0 Å². The van der Waals surface area contributed by atoms with Gasteiger partial charge in [0.05, 0.1) is 12.7 Å². The number of aliphatic hydroxyl groups is 2. The van der Waals surface area contributed by atoms with E-state index in [1.807, 2.05) is 46.8 Å². The van der Waals surface area contributed by atoms with Crippen LogP contribution >= 0.6 is 0 Å². The lowest BCUT2D eigenvalue weighted by atomic mass is 10.1. The minimum absolute atomic E-state index is 0.0305. The molecule has 0 aliphatic heterocycles. The summed E-state index contributed by atoms with van der Waals surface area (Å²) in [7, 11) is 0. The van der Waals surface area contributed by atoms with E-state index in [0.717, 1.165) is 22.8 Å². The van der Waals surface area contributed by atoms with Crippen LogP contribution in [0.5, 0.6) is 0 Å². The lowest BCUT2D eigenvalue weighted by molar-refractivity contribution is 0.161. The number of nitrogens with one attached hydrogen (secondary N) is 1. The van der Waals surface area contributed by atoms with Crippen molar-refractivity contribution in [3.05, 3.63) is 47.4 Å². The fraction of sp³-hybridized carbons (Fsp3) is 0.500. The van der Waals surface area contributed by atoms with Crippen LogP contribution in [0, 0.1) is 13.8 Å². The number of rotatable bonds is 6. The van der Waals surface area contributed by atoms with Gasteiger partial charge in [-0.1, -0.05) is 19.9 Å². The Balaban J connectivity index is 0.00000127. The zero-order valence-corrected chi connectivity index (χ0v) is 14.7. The molecule has 128 valence electrons. The quantitative estimate of drug-likeness (QED) is 0.765. The van der Waals surface area contributed by atoms with Gasteiger partial charge in [-0.3, -0.25) is 0 Å². The number of aliphatic hydroxyl groups excluding tert-OH is 2. The summed E-state index contributed by atoms with van der Waals surface area (Å²) in [6.45, 7) is 10.4. The Kier molecular flexibility index (Phi) is 7.95. The molecule has 0 bridgehead atoms. The van der Waals surface area contributed by atoms with Gasteiger partial charge < -0.3 is 20.1 Å². The molecule has 0 amide bonds. The van der Waals surface area contributed by atoms with Crippen molar-refractivity contribution < 1.29 is 10.2 Å². The molecule has 23 heavy (non-hydrogen) atoms. The Morgan fingerprint density at radius 1 is 1.13 bits per heavy atom. The largest absolute Gasteiger partial charge is 0.395 e. The summed E-state index contributed by atoms with van der Waals surface area (Å²) < 4.78 is 2.07. The topological polar surface area (TPSA) is 70.3 Å². The number of nitrogens with zero attached hydrogens (tertiary/aromatic N) is 2. The van der Waals surface area contributed by atoms with Crippen LogP contribution in [0.3, 0.4) is 0 Å². The normalized spacial score (nSPS) is 13.2. The van der Waals surface area contributed by atoms with Crippen molar-refractivity contribution in [2.75, 3.05) is 13.2 Å². The summed E-state index contributed by atoms with van der Waals surface area (Å²) in [6.07, 6.45) is 1.07. The maximum Gasteiger partial charge on any atom is 0.136 e. The highest BCUT2D eigenvalue weighted by Gasteiger charge is 2.11. The van der Waals surface area contributed by atoms with Crippen molar-refractivity contribution >= 4 is 0 Å². The molecule has 2 aromatic heterocycles. The number of hydrogen-bond acceptors (Lipinski definition) is 4. The third kappa shape index (κ3) is 5.16. The Labute approximate surface area is 139 Å². The summed E-state index contributed by atoms with van der Waals surface area (Å²) in [5.74, 6) is 0.850. The van der Waals surface area contributed by atoms with Crippen LogP contribution in [0.25, 0.3) is 5.82 Å². The first-order valence-corrected chi connectivity index (χ1v) is 8.16. The van der Waals surface area contributed by atoms with Gasteiger partial charge in [-0.05, 0) is 39.0 Å². The lowest BCUT2D eigenvalue weighted by Gasteiger charge is -2.16.